The van der Waals surface area contributed by atoms with Gasteiger partial charge in [0.2, 0.25) is 0 Å². The zero-order chi connectivity index (χ0) is 25.1. The zero-order valence-electron chi connectivity index (χ0n) is 19.5. The molecule has 2 aromatic carbocycles. The van der Waals surface area contributed by atoms with Crippen molar-refractivity contribution in [3.8, 4) is 11.4 Å². The third-order valence-electron chi connectivity index (χ3n) is 7.08. The molecule has 0 N–H and O–H groups in total. The first-order valence-corrected chi connectivity index (χ1v) is 11.8. The molecule has 10 heteroatoms. The number of benzene rings is 2. The molecule has 0 atom stereocenters. The largest absolute Gasteiger partial charge is 0.497 e. The van der Waals surface area contributed by atoms with E-state index in [-0.39, 0.29) is 29.6 Å². The van der Waals surface area contributed by atoms with Crippen LogP contribution < -0.4 is 9.64 Å². The summed E-state index contributed by atoms with van der Waals surface area (Å²) in [6.07, 6.45) is -2.71. The summed E-state index contributed by atoms with van der Waals surface area (Å²) in [4.78, 5) is 19.6. The number of anilines is 1. The average molecular weight is 496 g/mol. The zero-order valence-corrected chi connectivity index (χ0v) is 19.5. The van der Waals surface area contributed by atoms with Crippen molar-refractivity contribution in [2.75, 3.05) is 31.7 Å². The first-order valence-electron chi connectivity index (χ1n) is 11.8. The van der Waals surface area contributed by atoms with Crippen LogP contribution in [0.3, 0.4) is 0 Å². The highest BCUT2D eigenvalue weighted by Crippen LogP contribution is 2.50. The summed E-state index contributed by atoms with van der Waals surface area (Å²) in [5.74, 6) is 0.802. The van der Waals surface area contributed by atoms with Crippen molar-refractivity contribution in [1.29, 1.82) is 0 Å². The second kappa shape index (κ2) is 8.11. The maximum atomic E-state index is 13.8. The third kappa shape index (κ3) is 3.54. The lowest BCUT2D eigenvalue weighted by atomic mass is 9.95. The molecular formula is C26H23F3N4O3. The minimum atomic E-state index is -4.67. The lowest BCUT2D eigenvalue weighted by Gasteiger charge is -2.28. The van der Waals surface area contributed by atoms with Crippen molar-refractivity contribution in [2.45, 2.75) is 30.9 Å². The van der Waals surface area contributed by atoms with E-state index in [0.29, 0.717) is 30.3 Å². The molecule has 0 unspecified atom stereocenters. The second-order valence-corrected chi connectivity index (χ2v) is 9.15. The smallest absolute Gasteiger partial charge is 0.435 e. The van der Waals surface area contributed by atoms with Crippen LogP contribution in [0.15, 0.2) is 53.5 Å². The highest BCUT2D eigenvalue weighted by Gasteiger charge is 2.51. The summed E-state index contributed by atoms with van der Waals surface area (Å²) in [5, 5.41) is 3.84. The fraction of sp³-hybridized carbons (Fsp3) is 0.346. The summed E-state index contributed by atoms with van der Waals surface area (Å²) < 4.78 is 53.4. The molecule has 1 saturated carbocycles. The molecule has 36 heavy (non-hydrogen) atoms. The maximum Gasteiger partial charge on any atom is 0.435 e. The quantitative estimate of drug-likeness (QED) is 0.519. The van der Waals surface area contributed by atoms with E-state index in [0.717, 1.165) is 29.0 Å². The summed E-state index contributed by atoms with van der Waals surface area (Å²) in [7, 11) is 1.50. The molecule has 1 aromatic heterocycles. The molecule has 1 amide bonds. The number of carbonyl (C=O) groups excluding carboxylic acids is 1. The minimum Gasteiger partial charge on any atom is -0.497 e. The molecule has 186 valence electrons. The monoisotopic (exact) mass is 496 g/mol. The van der Waals surface area contributed by atoms with E-state index < -0.39 is 17.8 Å². The Kier molecular flexibility index (Phi) is 5.10. The number of amides is 1. The van der Waals surface area contributed by atoms with E-state index in [9.17, 15) is 18.0 Å². The molecule has 1 fully saturated rings. The number of hydrogen-bond acceptors (Lipinski definition) is 5. The molecule has 7 nitrogen and oxygen atoms in total. The van der Waals surface area contributed by atoms with Gasteiger partial charge < -0.3 is 14.4 Å². The maximum absolute atomic E-state index is 13.8. The Morgan fingerprint density at radius 1 is 1.03 bits per heavy atom. The predicted molar refractivity (Wildman–Crippen MR) is 126 cm³/mol. The first kappa shape index (κ1) is 22.6. The molecule has 0 radical (unpaired) electrons. The highest BCUT2D eigenvalue weighted by atomic mass is 19.4. The van der Waals surface area contributed by atoms with Crippen LogP contribution in [0.5, 0.6) is 5.75 Å². The van der Waals surface area contributed by atoms with Crippen molar-refractivity contribution in [3.05, 3.63) is 71.0 Å². The Balaban J connectivity index is 1.36. The Morgan fingerprint density at radius 2 is 1.72 bits per heavy atom. The van der Waals surface area contributed by atoms with Gasteiger partial charge in [0.15, 0.2) is 11.6 Å². The van der Waals surface area contributed by atoms with Crippen LogP contribution in [0.1, 0.15) is 40.2 Å². The lowest BCUT2D eigenvalue weighted by molar-refractivity contribution is -0.141. The number of aromatic nitrogens is 2. The van der Waals surface area contributed by atoms with E-state index >= 15 is 0 Å². The number of rotatable bonds is 5. The van der Waals surface area contributed by atoms with Gasteiger partial charge in [-0.05, 0) is 61.2 Å². The first-order chi connectivity index (χ1) is 17.3. The van der Waals surface area contributed by atoms with Gasteiger partial charge in [0.25, 0.3) is 5.91 Å². The number of hydrogen-bond donors (Lipinski definition) is 0. The van der Waals surface area contributed by atoms with Crippen molar-refractivity contribution in [2.24, 2.45) is 4.99 Å². The fourth-order valence-corrected chi connectivity index (χ4v) is 5.08. The molecule has 6 rings (SSSR count). The molecule has 3 heterocycles. The highest BCUT2D eigenvalue weighted by molar-refractivity contribution is 6.07. The number of methoxy groups -OCH3 is 1. The van der Waals surface area contributed by atoms with Crippen LogP contribution in [-0.2, 0) is 22.7 Å². The van der Waals surface area contributed by atoms with Crippen molar-refractivity contribution in [3.63, 3.8) is 0 Å². The number of halogens is 3. The predicted octanol–water partition coefficient (Wildman–Crippen LogP) is 4.56. The van der Waals surface area contributed by atoms with Gasteiger partial charge >= 0.3 is 6.18 Å². The van der Waals surface area contributed by atoms with E-state index in [1.807, 2.05) is 24.3 Å². The van der Waals surface area contributed by atoms with Crippen LogP contribution in [0.4, 0.5) is 18.9 Å². The van der Waals surface area contributed by atoms with Crippen LogP contribution in [-0.4, -0.2) is 48.4 Å². The summed E-state index contributed by atoms with van der Waals surface area (Å²) in [6, 6.07) is 14.0. The van der Waals surface area contributed by atoms with E-state index in [4.69, 9.17) is 9.47 Å². The van der Waals surface area contributed by atoms with Gasteiger partial charge in [-0.1, -0.05) is 12.1 Å². The van der Waals surface area contributed by atoms with Crippen LogP contribution in [0, 0.1) is 0 Å². The number of aliphatic imine (C=N–C) groups is 1. The van der Waals surface area contributed by atoms with Gasteiger partial charge in [0.1, 0.15) is 18.1 Å². The average Bonchev–Trinajstić information content (AvgIpc) is 3.30. The van der Waals surface area contributed by atoms with Crippen LogP contribution >= 0.6 is 0 Å². The molecule has 1 aliphatic carbocycles. The molecule has 3 aromatic rings. The Morgan fingerprint density at radius 3 is 2.31 bits per heavy atom. The van der Waals surface area contributed by atoms with Gasteiger partial charge in [-0.3, -0.25) is 9.79 Å². The Labute approximate surface area is 205 Å². The fourth-order valence-electron chi connectivity index (χ4n) is 5.08. The topological polar surface area (TPSA) is 69.0 Å². The standard InChI is InChI=1S/C26H23F3N4O3/c1-35-19-8-6-18(7-9-19)33-21-20(22(31-33)26(27,28)29)10-14-32(23(21)34)17-4-2-16(3-5-17)25(11-12-25)24-30-13-15-36-24/h2-9H,10-15H2,1H3. The van der Waals surface area contributed by atoms with E-state index in [1.54, 1.807) is 24.3 Å². The lowest BCUT2D eigenvalue weighted by Crippen LogP contribution is -2.39. The molecule has 2 aliphatic heterocycles. The van der Waals surface area contributed by atoms with Crippen molar-refractivity contribution in [1.82, 2.24) is 9.78 Å². The van der Waals surface area contributed by atoms with E-state index in [2.05, 4.69) is 10.1 Å². The Hall–Kier alpha value is -3.82. The van der Waals surface area contributed by atoms with Crippen LogP contribution in [0.2, 0.25) is 0 Å². The minimum absolute atomic E-state index is 0.0441. The normalized spacial score (nSPS) is 18.5. The van der Waals surface area contributed by atoms with Gasteiger partial charge in [-0.25, -0.2) is 4.68 Å². The number of carbonyl (C=O) groups is 1. The van der Waals surface area contributed by atoms with E-state index in [1.165, 1.54) is 12.0 Å². The summed E-state index contributed by atoms with van der Waals surface area (Å²) >= 11 is 0. The molecule has 3 aliphatic rings. The van der Waals surface area contributed by atoms with Gasteiger partial charge in [0.05, 0.1) is 24.8 Å². The van der Waals surface area contributed by atoms with Crippen molar-refractivity contribution >= 4 is 17.5 Å². The number of nitrogens with zero attached hydrogens (tertiary/aromatic N) is 4. The molecule has 0 saturated heterocycles. The molecule has 0 spiro atoms. The van der Waals surface area contributed by atoms with Gasteiger partial charge in [-0.15, -0.1) is 0 Å². The SMILES string of the molecule is COc1ccc(-n2nc(C(F)(F)F)c3c2C(=O)N(c2ccc(C4(C5=NCCO5)CC4)cc2)CC3)cc1. The van der Waals surface area contributed by atoms with Gasteiger partial charge in [0, 0.05) is 17.8 Å². The molecule has 0 bridgehead atoms. The third-order valence-corrected chi connectivity index (χ3v) is 7.08. The number of alkyl halides is 3. The van der Waals surface area contributed by atoms with Gasteiger partial charge in [-0.2, -0.15) is 18.3 Å². The Bertz CT molecular complexity index is 1360. The molecular weight excluding hydrogens is 473 g/mol. The number of fused-ring (bicyclic) bond motifs is 1. The van der Waals surface area contributed by atoms with Crippen LogP contribution in [0.25, 0.3) is 5.69 Å². The number of ether oxygens (including phenoxy) is 2. The summed E-state index contributed by atoms with van der Waals surface area (Å²) in [5.41, 5.74) is 0.670. The second-order valence-electron chi connectivity index (χ2n) is 9.15. The van der Waals surface area contributed by atoms with Crippen molar-refractivity contribution < 1.29 is 27.4 Å². The summed E-state index contributed by atoms with van der Waals surface area (Å²) in [6.45, 7) is 1.40.